The van der Waals surface area contributed by atoms with E-state index in [9.17, 15) is 4.79 Å². The third kappa shape index (κ3) is 3.07. The predicted octanol–water partition coefficient (Wildman–Crippen LogP) is 2.12. The van der Waals surface area contributed by atoms with Crippen LogP contribution in [0.15, 0.2) is 12.4 Å². The number of anilines is 2. The Morgan fingerprint density at radius 1 is 1.20 bits per heavy atom. The highest BCUT2D eigenvalue weighted by atomic mass is 35.5. The standard InChI is InChI=1S/C15H16Cl2N6O2/c1-2-25-14(24)15(11-13(19)21-6-9(17)23-11)3-7(4-15)10-12(18)20-5-8(16)22-10/h5-7H,2-4H2,1H3,(H2,18,20)(H2,19,21). The molecule has 25 heavy (non-hydrogen) atoms. The second-order valence-electron chi connectivity index (χ2n) is 5.80. The molecule has 4 N–H and O–H groups in total. The highest BCUT2D eigenvalue weighted by Gasteiger charge is 2.56. The normalized spacial score (nSPS) is 22.3. The lowest BCUT2D eigenvalue weighted by Gasteiger charge is -2.44. The van der Waals surface area contributed by atoms with Crippen molar-refractivity contribution in [3.63, 3.8) is 0 Å². The van der Waals surface area contributed by atoms with Crippen molar-refractivity contribution in [3.8, 4) is 0 Å². The van der Waals surface area contributed by atoms with E-state index in [1.807, 2.05) is 0 Å². The minimum absolute atomic E-state index is 0.129. The van der Waals surface area contributed by atoms with Crippen LogP contribution in [0.25, 0.3) is 0 Å². The first kappa shape index (κ1) is 17.6. The highest BCUT2D eigenvalue weighted by Crippen LogP contribution is 2.54. The number of rotatable bonds is 4. The summed E-state index contributed by atoms with van der Waals surface area (Å²) in [6.07, 6.45) is 3.41. The maximum Gasteiger partial charge on any atom is 0.318 e. The quantitative estimate of drug-likeness (QED) is 0.768. The molecule has 0 saturated heterocycles. The van der Waals surface area contributed by atoms with Gasteiger partial charge in [0.15, 0.2) is 0 Å². The van der Waals surface area contributed by atoms with Crippen LogP contribution in [0.3, 0.4) is 0 Å². The van der Waals surface area contributed by atoms with Crippen LogP contribution in [0.5, 0.6) is 0 Å². The molecule has 0 radical (unpaired) electrons. The molecular formula is C15H16Cl2N6O2. The third-order valence-electron chi connectivity index (χ3n) is 4.27. The molecule has 0 aliphatic heterocycles. The summed E-state index contributed by atoms with van der Waals surface area (Å²) in [7, 11) is 0. The van der Waals surface area contributed by atoms with Gasteiger partial charge in [0.2, 0.25) is 0 Å². The molecule has 132 valence electrons. The summed E-state index contributed by atoms with van der Waals surface area (Å²) in [5, 5.41) is 0.387. The Kier molecular flexibility index (Phi) is 4.66. The largest absolute Gasteiger partial charge is 0.465 e. The predicted molar refractivity (Wildman–Crippen MR) is 93.2 cm³/mol. The van der Waals surface area contributed by atoms with Crippen LogP contribution in [0.2, 0.25) is 10.3 Å². The molecule has 1 aliphatic carbocycles. The Bertz CT molecular complexity index is 826. The van der Waals surface area contributed by atoms with Crippen molar-refractivity contribution in [2.75, 3.05) is 18.1 Å². The average molecular weight is 383 g/mol. The Balaban J connectivity index is 1.98. The Morgan fingerprint density at radius 3 is 2.44 bits per heavy atom. The van der Waals surface area contributed by atoms with Crippen molar-refractivity contribution < 1.29 is 9.53 Å². The van der Waals surface area contributed by atoms with Crippen molar-refractivity contribution in [1.82, 2.24) is 19.9 Å². The van der Waals surface area contributed by atoms with Gasteiger partial charge in [-0.2, -0.15) is 0 Å². The van der Waals surface area contributed by atoms with E-state index in [4.69, 9.17) is 39.4 Å². The molecule has 1 aliphatic rings. The summed E-state index contributed by atoms with van der Waals surface area (Å²) in [5.74, 6) is -0.142. The number of nitrogens with zero attached hydrogens (tertiary/aromatic N) is 4. The number of aromatic nitrogens is 4. The van der Waals surface area contributed by atoms with Crippen LogP contribution in [0.1, 0.15) is 37.1 Å². The first-order valence-corrected chi connectivity index (χ1v) is 8.36. The number of carbonyl (C=O) groups is 1. The minimum atomic E-state index is -1.04. The molecule has 0 spiro atoms. The first-order chi connectivity index (χ1) is 11.9. The molecule has 2 heterocycles. The van der Waals surface area contributed by atoms with Crippen LogP contribution < -0.4 is 11.5 Å². The van der Waals surface area contributed by atoms with Gasteiger partial charge < -0.3 is 16.2 Å². The summed E-state index contributed by atoms with van der Waals surface area (Å²) >= 11 is 11.9. The number of nitrogen functional groups attached to an aromatic ring is 2. The zero-order valence-electron chi connectivity index (χ0n) is 13.4. The molecule has 1 fully saturated rings. The van der Waals surface area contributed by atoms with Crippen molar-refractivity contribution in [2.24, 2.45) is 0 Å². The van der Waals surface area contributed by atoms with Gasteiger partial charge in [0.05, 0.1) is 24.7 Å². The topological polar surface area (TPSA) is 130 Å². The summed E-state index contributed by atoms with van der Waals surface area (Å²) in [6.45, 7) is 1.97. The first-order valence-electron chi connectivity index (χ1n) is 7.61. The fraction of sp³-hybridized carbons (Fsp3) is 0.400. The molecule has 10 heteroatoms. The summed E-state index contributed by atoms with van der Waals surface area (Å²) in [5.41, 5.74) is 11.6. The molecule has 0 bridgehead atoms. The van der Waals surface area contributed by atoms with Gasteiger partial charge in [0.1, 0.15) is 33.1 Å². The Labute approximate surface area is 153 Å². The molecule has 0 amide bonds. The van der Waals surface area contributed by atoms with E-state index in [1.54, 1.807) is 6.92 Å². The number of esters is 1. The molecule has 2 aromatic heterocycles. The minimum Gasteiger partial charge on any atom is -0.465 e. The molecule has 0 aromatic carbocycles. The smallest absolute Gasteiger partial charge is 0.318 e. The van der Waals surface area contributed by atoms with Gasteiger partial charge in [-0.05, 0) is 19.8 Å². The zero-order valence-corrected chi connectivity index (χ0v) is 14.9. The third-order valence-corrected chi connectivity index (χ3v) is 4.63. The van der Waals surface area contributed by atoms with Crippen molar-refractivity contribution in [3.05, 3.63) is 34.1 Å². The van der Waals surface area contributed by atoms with Crippen LogP contribution in [-0.4, -0.2) is 32.5 Å². The fourth-order valence-electron chi connectivity index (χ4n) is 3.12. The van der Waals surface area contributed by atoms with Gasteiger partial charge in [-0.25, -0.2) is 19.9 Å². The zero-order chi connectivity index (χ0) is 18.2. The second kappa shape index (κ2) is 6.61. The number of hydrogen-bond acceptors (Lipinski definition) is 8. The van der Waals surface area contributed by atoms with E-state index in [0.29, 0.717) is 24.2 Å². The second-order valence-corrected chi connectivity index (χ2v) is 6.57. The Hall–Kier alpha value is -2.19. The lowest BCUT2D eigenvalue weighted by atomic mass is 9.59. The van der Waals surface area contributed by atoms with Gasteiger partial charge in [0.25, 0.3) is 0 Å². The van der Waals surface area contributed by atoms with Crippen LogP contribution in [0.4, 0.5) is 11.6 Å². The summed E-state index contributed by atoms with van der Waals surface area (Å²) in [6, 6.07) is 0. The van der Waals surface area contributed by atoms with Gasteiger partial charge in [0, 0.05) is 5.92 Å². The van der Waals surface area contributed by atoms with Gasteiger partial charge >= 0.3 is 5.97 Å². The van der Waals surface area contributed by atoms with E-state index in [1.165, 1.54) is 12.4 Å². The van der Waals surface area contributed by atoms with Crippen molar-refractivity contribution in [1.29, 1.82) is 0 Å². The van der Waals surface area contributed by atoms with E-state index >= 15 is 0 Å². The average Bonchev–Trinajstić information content (AvgIpc) is 2.53. The summed E-state index contributed by atoms with van der Waals surface area (Å²) in [4.78, 5) is 29.1. The van der Waals surface area contributed by atoms with Crippen LogP contribution >= 0.6 is 23.2 Å². The highest BCUT2D eigenvalue weighted by molar-refractivity contribution is 6.29. The monoisotopic (exact) mass is 382 g/mol. The maximum atomic E-state index is 12.7. The fourth-order valence-corrected chi connectivity index (χ4v) is 3.39. The summed E-state index contributed by atoms with van der Waals surface area (Å²) < 4.78 is 5.24. The number of ether oxygens (including phenoxy) is 1. The van der Waals surface area contributed by atoms with Gasteiger partial charge in [-0.1, -0.05) is 23.2 Å². The van der Waals surface area contributed by atoms with Gasteiger partial charge in [-0.3, -0.25) is 4.79 Å². The molecule has 3 rings (SSSR count). The van der Waals surface area contributed by atoms with Gasteiger partial charge in [-0.15, -0.1) is 0 Å². The lowest BCUT2D eigenvalue weighted by Crippen LogP contribution is -2.49. The molecular weight excluding hydrogens is 367 g/mol. The maximum absolute atomic E-state index is 12.7. The molecule has 0 unspecified atom stereocenters. The molecule has 2 aromatic rings. The number of nitrogens with two attached hydrogens (primary N) is 2. The van der Waals surface area contributed by atoms with E-state index in [2.05, 4.69) is 19.9 Å². The molecule has 8 nitrogen and oxygen atoms in total. The Morgan fingerprint density at radius 2 is 1.80 bits per heavy atom. The van der Waals surface area contributed by atoms with Crippen LogP contribution in [0, 0.1) is 0 Å². The molecule has 1 saturated carbocycles. The van der Waals surface area contributed by atoms with E-state index < -0.39 is 11.4 Å². The van der Waals surface area contributed by atoms with Crippen LogP contribution in [-0.2, 0) is 14.9 Å². The number of hydrogen-bond donors (Lipinski definition) is 2. The number of halogens is 2. The van der Waals surface area contributed by atoms with Crippen molar-refractivity contribution in [2.45, 2.75) is 31.1 Å². The van der Waals surface area contributed by atoms with Crippen molar-refractivity contribution >= 4 is 40.8 Å². The number of carbonyl (C=O) groups excluding carboxylic acids is 1. The lowest BCUT2D eigenvalue weighted by molar-refractivity contribution is -0.155. The molecule has 0 atom stereocenters. The van der Waals surface area contributed by atoms with E-state index in [0.717, 1.165) is 0 Å². The van der Waals surface area contributed by atoms with E-state index in [-0.39, 0.29) is 34.5 Å². The SMILES string of the molecule is CCOC(=O)C1(c2nc(Cl)cnc2N)CC(c2nc(Cl)cnc2N)C1.